The summed E-state index contributed by atoms with van der Waals surface area (Å²) in [4.78, 5) is 23.4. The number of ether oxygens (including phenoxy) is 1. The van der Waals surface area contributed by atoms with Gasteiger partial charge in [0.25, 0.3) is 0 Å². The molecule has 21 heavy (non-hydrogen) atoms. The van der Waals surface area contributed by atoms with Crippen molar-refractivity contribution in [3.8, 4) is 0 Å². The fraction of sp³-hybridized carbons (Fsp3) is 0.667. The summed E-state index contributed by atoms with van der Waals surface area (Å²) in [5.74, 6) is 0.231. The summed E-state index contributed by atoms with van der Waals surface area (Å²) in [6.45, 7) is 1.53. The van der Waals surface area contributed by atoms with Gasteiger partial charge in [-0.05, 0) is 25.7 Å². The Balaban J connectivity index is 1.56. The lowest BCUT2D eigenvalue weighted by atomic mass is 9.88. The first-order valence-electron chi connectivity index (χ1n) is 7.67. The van der Waals surface area contributed by atoms with Crippen LogP contribution in [-0.4, -0.2) is 34.7 Å². The first-order chi connectivity index (χ1) is 10.2. The maximum absolute atomic E-state index is 12.2. The quantitative estimate of drug-likeness (QED) is 0.923. The SMILES string of the molecule is O=C1CCC(C(=O)Nc2cnn(C3CCOCC3)c2)CC1. The summed E-state index contributed by atoms with van der Waals surface area (Å²) in [7, 11) is 0. The van der Waals surface area contributed by atoms with Crippen molar-refractivity contribution in [2.75, 3.05) is 18.5 Å². The van der Waals surface area contributed by atoms with E-state index < -0.39 is 0 Å². The predicted molar refractivity (Wildman–Crippen MR) is 76.9 cm³/mol. The molecule has 3 rings (SSSR count). The molecule has 6 nitrogen and oxygen atoms in total. The number of nitrogens with zero attached hydrogens (tertiary/aromatic N) is 2. The molecule has 1 aromatic rings. The molecule has 0 unspecified atom stereocenters. The molecule has 1 saturated carbocycles. The zero-order valence-electron chi connectivity index (χ0n) is 12.1. The van der Waals surface area contributed by atoms with Crippen molar-refractivity contribution in [1.29, 1.82) is 0 Å². The van der Waals surface area contributed by atoms with Gasteiger partial charge in [0.1, 0.15) is 5.78 Å². The Morgan fingerprint density at radius 1 is 1.24 bits per heavy atom. The third kappa shape index (κ3) is 3.50. The van der Waals surface area contributed by atoms with Gasteiger partial charge in [0.2, 0.25) is 5.91 Å². The largest absolute Gasteiger partial charge is 0.381 e. The van der Waals surface area contributed by atoms with E-state index in [9.17, 15) is 9.59 Å². The van der Waals surface area contributed by atoms with Crippen molar-refractivity contribution in [3.63, 3.8) is 0 Å². The smallest absolute Gasteiger partial charge is 0.227 e. The highest BCUT2D eigenvalue weighted by Crippen LogP contribution is 2.24. The first-order valence-corrected chi connectivity index (χ1v) is 7.67. The van der Waals surface area contributed by atoms with Gasteiger partial charge in [-0.25, -0.2) is 0 Å². The fourth-order valence-electron chi connectivity index (χ4n) is 3.00. The molecule has 1 saturated heterocycles. The van der Waals surface area contributed by atoms with Gasteiger partial charge < -0.3 is 10.1 Å². The van der Waals surface area contributed by atoms with Gasteiger partial charge in [0.05, 0.1) is 17.9 Å². The molecule has 1 aliphatic carbocycles. The fourth-order valence-corrected chi connectivity index (χ4v) is 3.00. The van der Waals surface area contributed by atoms with E-state index in [2.05, 4.69) is 10.4 Å². The topological polar surface area (TPSA) is 73.2 Å². The zero-order valence-corrected chi connectivity index (χ0v) is 12.1. The van der Waals surface area contributed by atoms with E-state index >= 15 is 0 Å². The van der Waals surface area contributed by atoms with E-state index in [1.165, 1.54) is 0 Å². The number of carbonyl (C=O) groups is 2. The summed E-state index contributed by atoms with van der Waals surface area (Å²) in [6, 6.07) is 0.358. The molecule has 0 aromatic carbocycles. The van der Waals surface area contributed by atoms with Crippen molar-refractivity contribution in [2.24, 2.45) is 5.92 Å². The average Bonchev–Trinajstić information content (AvgIpc) is 2.97. The van der Waals surface area contributed by atoms with Crippen LogP contribution in [0.3, 0.4) is 0 Å². The third-order valence-corrected chi connectivity index (χ3v) is 4.35. The van der Waals surface area contributed by atoms with Crippen LogP contribution in [0.1, 0.15) is 44.6 Å². The van der Waals surface area contributed by atoms with Crippen molar-refractivity contribution < 1.29 is 14.3 Å². The van der Waals surface area contributed by atoms with Gasteiger partial charge in [0.15, 0.2) is 0 Å². The third-order valence-electron chi connectivity index (χ3n) is 4.35. The predicted octanol–water partition coefficient (Wildman–Crippen LogP) is 1.93. The molecule has 0 bridgehead atoms. The molecule has 114 valence electrons. The number of rotatable bonds is 3. The number of aromatic nitrogens is 2. The van der Waals surface area contributed by atoms with Crippen LogP contribution in [0, 0.1) is 5.92 Å². The molecule has 2 heterocycles. The lowest BCUT2D eigenvalue weighted by Crippen LogP contribution is -2.27. The molecule has 0 atom stereocenters. The van der Waals surface area contributed by atoms with Crippen LogP contribution >= 0.6 is 0 Å². The van der Waals surface area contributed by atoms with Gasteiger partial charge in [-0.3, -0.25) is 14.3 Å². The maximum Gasteiger partial charge on any atom is 0.227 e. The normalized spacial score (nSPS) is 21.4. The van der Waals surface area contributed by atoms with Crippen molar-refractivity contribution in [3.05, 3.63) is 12.4 Å². The lowest BCUT2D eigenvalue weighted by Gasteiger charge is -2.22. The Hall–Kier alpha value is -1.69. The molecule has 1 aromatic heterocycles. The molecule has 6 heteroatoms. The van der Waals surface area contributed by atoms with Gasteiger partial charge in [-0.1, -0.05) is 0 Å². The number of carbonyl (C=O) groups excluding carboxylic acids is 2. The number of hydrogen-bond donors (Lipinski definition) is 1. The number of nitrogens with one attached hydrogen (secondary N) is 1. The van der Waals surface area contributed by atoms with Crippen molar-refractivity contribution in [1.82, 2.24) is 9.78 Å². The first kappa shape index (κ1) is 14.3. The van der Waals surface area contributed by atoms with E-state index in [4.69, 9.17) is 4.74 Å². The van der Waals surface area contributed by atoms with Gasteiger partial charge in [-0.15, -0.1) is 0 Å². The zero-order chi connectivity index (χ0) is 14.7. The van der Waals surface area contributed by atoms with Crippen LogP contribution in [0.2, 0.25) is 0 Å². The van der Waals surface area contributed by atoms with Crippen LogP contribution in [-0.2, 0) is 14.3 Å². The van der Waals surface area contributed by atoms with Gasteiger partial charge >= 0.3 is 0 Å². The lowest BCUT2D eigenvalue weighted by molar-refractivity contribution is -0.125. The highest BCUT2D eigenvalue weighted by molar-refractivity contribution is 5.93. The molecule has 1 amide bonds. The second kappa shape index (κ2) is 6.39. The molecule has 2 aliphatic rings. The number of amides is 1. The standard InChI is InChI=1S/C15H21N3O3/c19-14-3-1-11(2-4-14)15(20)17-12-9-16-18(10-12)13-5-7-21-8-6-13/h9-11,13H,1-8H2,(H,17,20). The van der Waals surface area contributed by atoms with Crippen molar-refractivity contribution in [2.45, 2.75) is 44.6 Å². The maximum atomic E-state index is 12.2. The summed E-state index contributed by atoms with van der Waals surface area (Å²) < 4.78 is 7.26. The monoisotopic (exact) mass is 291 g/mol. The molecule has 2 fully saturated rings. The van der Waals surface area contributed by atoms with Crippen LogP contribution < -0.4 is 5.32 Å². The average molecular weight is 291 g/mol. The number of hydrogen-bond acceptors (Lipinski definition) is 4. The van der Waals surface area contributed by atoms with Crippen LogP contribution in [0.25, 0.3) is 0 Å². The second-order valence-electron chi connectivity index (χ2n) is 5.85. The molecule has 0 radical (unpaired) electrons. The number of anilines is 1. The Labute approximate surface area is 123 Å². The summed E-state index contributed by atoms with van der Waals surface area (Å²) >= 11 is 0. The summed E-state index contributed by atoms with van der Waals surface area (Å²) in [5.41, 5.74) is 0.739. The van der Waals surface area contributed by atoms with E-state index in [0.29, 0.717) is 31.7 Å². The van der Waals surface area contributed by atoms with Crippen LogP contribution in [0.4, 0.5) is 5.69 Å². The molecule has 1 N–H and O–H groups in total. The van der Waals surface area contributed by atoms with Gasteiger partial charge in [0, 0.05) is 38.2 Å². The number of Topliss-reactive ketones (excluding diaryl/α,β-unsaturated/α-hetero) is 1. The van der Waals surface area contributed by atoms with E-state index in [0.717, 1.165) is 31.7 Å². The second-order valence-corrected chi connectivity index (χ2v) is 5.85. The Kier molecular flexibility index (Phi) is 4.34. The Bertz CT molecular complexity index is 510. The molecule has 1 aliphatic heterocycles. The van der Waals surface area contributed by atoms with Gasteiger partial charge in [-0.2, -0.15) is 5.10 Å². The summed E-state index contributed by atoms with van der Waals surface area (Å²) in [6.07, 6.45) is 7.89. The molecule has 0 spiro atoms. The number of ketones is 1. The Morgan fingerprint density at radius 3 is 2.67 bits per heavy atom. The van der Waals surface area contributed by atoms with E-state index in [1.54, 1.807) is 6.20 Å². The highest BCUT2D eigenvalue weighted by Gasteiger charge is 2.25. The van der Waals surface area contributed by atoms with Crippen LogP contribution in [0.15, 0.2) is 12.4 Å². The van der Waals surface area contributed by atoms with E-state index in [-0.39, 0.29) is 17.6 Å². The highest BCUT2D eigenvalue weighted by atomic mass is 16.5. The minimum atomic E-state index is -0.0471. The molecular formula is C15H21N3O3. The minimum absolute atomic E-state index is 0.00836. The minimum Gasteiger partial charge on any atom is -0.381 e. The van der Waals surface area contributed by atoms with Crippen molar-refractivity contribution >= 4 is 17.4 Å². The van der Waals surface area contributed by atoms with Crippen LogP contribution in [0.5, 0.6) is 0 Å². The van der Waals surface area contributed by atoms with E-state index in [1.807, 2.05) is 10.9 Å². The Morgan fingerprint density at radius 2 is 1.95 bits per heavy atom. The molecular weight excluding hydrogens is 270 g/mol. The summed E-state index contributed by atoms with van der Waals surface area (Å²) in [5, 5.41) is 7.26.